The molecule has 0 spiro atoms. The van der Waals surface area contributed by atoms with E-state index in [0.29, 0.717) is 0 Å². The van der Waals surface area contributed by atoms with Crippen LogP contribution in [0.3, 0.4) is 0 Å². The van der Waals surface area contributed by atoms with Gasteiger partial charge in [0.05, 0.1) is 6.04 Å². The Morgan fingerprint density at radius 3 is 1.64 bits per heavy atom. The Hall–Kier alpha value is -5.42. The summed E-state index contributed by atoms with van der Waals surface area (Å²) in [7, 11) is 0. The van der Waals surface area contributed by atoms with E-state index in [0.717, 1.165) is 28.2 Å². The summed E-state index contributed by atoms with van der Waals surface area (Å²) in [5.74, 6) is 0.882. The van der Waals surface area contributed by atoms with Crippen LogP contribution >= 0.6 is 0 Å². The fourth-order valence-corrected chi connectivity index (χ4v) is 6.46. The predicted octanol–water partition coefficient (Wildman–Crippen LogP) is 8.95. The first-order valence-corrected chi connectivity index (χ1v) is 15.4. The molecule has 5 heteroatoms. The Balaban J connectivity index is 1.21. The summed E-state index contributed by atoms with van der Waals surface area (Å²) in [6.07, 6.45) is 3.45. The second kappa shape index (κ2) is 11.9. The van der Waals surface area contributed by atoms with Crippen molar-refractivity contribution >= 4 is 17.9 Å². The van der Waals surface area contributed by atoms with Crippen LogP contribution in [0.1, 0.15) is 56.8 Å². The number of hydrazone groups is 1. The molecule has 0 saturated heterocycles. The zero-order valence-electron chi connectivity index (χ0n) is 26.0. The molecule has 0 bridgehead atoms. The van der Waals surface area contributed by atoms with Gasteiger partial charge in [0.1, 0.15) is 5.84 Å². The zero-order valence-corrected chi connectivity index (χ0v) is 26.0. The maximum atomic E-state index is 5.52. The largest absolute Gasteiger partial charge is 0.453 e. The molecule has 2 heterocycles. The molecule has 0 fully saturated rings. The lowest BCUT2D eigenvalue weighted by atomic mass is 9.83. The summed E-state index contributed by atoms with van der Waals surface area (Å²) >= 11 is 0. The van der Waals surface area contributed by atoms with Crippen LogP contribution in [0, 0.1) is 27.7 Å². The van der Waals surface area contributed by atoms with Gasteiger partial charge < -0.3 is 10.1 Å². The number of aliphatic imine (C=N–C) groups is 1. The fourth-order valence-electron chi connectivity index (χ4n) is 6.46. The van der Waals surface area contributed by atoms with Crippen molar-refractivity contribution in [2.24, 2.45) is 10.1 Å². The maximum Gasteiger partial charge on any atom is 0.212 e. The summed E-state index contributed by atoms with van der Waals surface area (Å²) in [5, 5.41) is 7.59. The molecule has 2 atom stereocenters. The first-order valence-electron chi connectivity index (χ1n) is 15.4. The highest BCUT2D eigenvalue weighted by Gasteiger charge is 2.21. The molecule has 0 aliphatic carbocycles. The average molecular weight is 589 g/mol. The second-order valence-corrected chi connectivity index (χ2v) is 11.7. The van der Waals surface area contributed by atoms with Gasteiger partial charge in [0.25, 0.3) is 0 Å². The van der Waals surface area contributed by atoms with Gasteiger partial charge in [-0.15, -0.1) is 5.10 Å². The quantitative estimate of drug-likeness (QED) is 0.208. The molecule has 0 radical (unpaired) electrons. The summed E-state index contributed by atoms with van der Waals surface area (Å²) in [6, 6.07) is 38.3. The molecule has 7 rings (SSSR count). The predicted molar refractivity (Wildman–Crippen MR) is 185 cm³/mol. The third-order valence-corrected chi connectivity index (χ3v) is 9.09. The lowest BCUT2D eigenvalue weighted by molar-refractivity contribution is 0.199. The highest BCUT2D eigenvalue weighted by Crippen LogP contribution is 2.40. The van der Waals surface area contributed by atoms with Crippen LogP contribution in [0.25, 0.3) is 28.0 Å². The molecule has 2 unspecified atom stereocenters. The van der Waals surface area contributed by atoms with E-state index in [1.165, 1.54) is 56.5 Å². The van der Waals surface area contributed by atoms with Crippen molar-refractivity contribution in [3.63, 3.8) is 0 Å². The minimum Gasteiger partial charge on any atom is -0.453 e. The molecule has 45 heavy (non-hydrogen) atoms. The van der Waals surface area contributed by atoms with Crippen LogP contribution in [-0.2, 0) is 4.74 Å². The SMILES string of the molecule is Cc1c(C)c(-c2ccc(C3NN=CO3)cc2)c(C)c(C)c1-c1ccc(C2=CC(c3ccccc3)N=C(c3ccccc3)N2)cc1. The van der Waals surface area contributed by atoms with Crippen molar-refractivity contribution in [3.05, 3.63) is 160 Å². The van der Waals surface area contributed by atoms with Crippen molar-refractivity contribution in [1.82, 2.24) is 10.7 Å². The Morgan fingerprint density at radius 1 is 0.556 bits per heavy atom. The molecule has 2 N–H and O–H groups in total. The van der Waals surface area contributed by atoms with Crippen molar-refractivity contribution in [2.45, 2.75) is 40.0 Å². The smallest absolute Gasteiger partial charge is 0.212 e. The molecule has 5 nitrogen and oxygen atoms in total. The van der Waals surface area contributed by atoms with E-state index in [1.807, 2.05) is 12.1 Å². The third kappa shape index (κ3) is 5.42. The van der Waals surface area contributed by atoms with Crippen molar-refractivity contribution < 1.29 is 4.74 Å². The molecule has 5 aromatic rings. The Kier molecular flexibility index (Phi) is 7.52. The van der Waals surface area contributed by atoms with E-state index in [4.69, 9.17) is 9.73 Å². The van der Waals surface area contributed by atoms with E-state index in [-0.39, 0.29) is 12.3 Å². The molecule has 5 aromatic carbocycles. The zero-order chi connectivity index (χ0) is 30.9. The number of rotatable bonds is 6. The normalized spacial score (nSPS) is 17.2. The second-order valence-electron chi connectivity index (χ2n) is 11.7. The molecular formula is C40H36N4O. The van der Waals surface area contributed by atoms with Gasteiger partial charge >= 0.3 is 0 Å². The van der Waals surface area contributed by atoms with Gasteiger partial charge in [0.15, 0.2) is 6.40 Å². The standard InChI is InChI=1S/C40H36N4O/c1-25-27(3)38(32-19-21-34(22-20-32)40-44-41-24-45-40)28(4)26(2)37(25)31-17-15-30(16-18-31)36-23-35(29-11-7-5-8-12-29)42-39(43-36)33-13-9-6-10-14-33/h5-24,35,40,44H,1-4H3,(H,42,43). The number of amidine groups is 1. The van der Waals surface area contributed by atoms with Crippen LogP contribution in [0.15, 0.2) is 125 Å². The topological polar surface area (TPSA) is 58.0 Å². The first-order chi connectivity index (χ1) is 22.0. The van der Waals surface area contributed by atoms with E-state index in [9.17, 15) is 0 Å². The molecule has 2 aliphatic rings. The van der Waals surface area contributed by atoms with Gasteiger partial charge in [0, 0.05) is 16.8 Å². The number of benzene rings is 5. The summed E-state index contributed by atoms with van der Waals surface area (Å²) in [5.41, 5.74) is 18.7. The Labute approximate surface area is 265 Å². The lowest BCUT2D eigenvalue weighted by Crippen LogP contribution is -2.27. The molecule has 2 aliphatic heterocycles. The molecule has 0 amide bonds. The van der Waals surface area contributed by atoms with Crippen molar-refractivity contribution in [2.75, 3.05) is 0 Å². The van der Waals surface area contributed by atoms with E-state index in [2.05, 4.69) is 147 Å². The summed E-state index contributed by atoms with van der Waals surface area (Å²) in [6.45, 7) is 8.97. The molecule has 0 saturated carbocycles. The minimum absolute atomic E-state index is 0.0657. The number of nitrogens with zero attached hydrogens (tertiary/aromatic N) is 2. The number of hydrogen-bond donors (Lipinski definition) is 2. The van der Waals surface area contributed by atoms with Gasteiger partial charge in [-0.05, 0) is 89.4 Å². The van der Waals surface area contributed by atoms with Crippen molar-refractivity contribution in [1.29, 1.82) is 0 Å². The van der Waals surface area contributed by atoms with Crippen LogP contribution in [0.4, 0.5) is 0 Å². The highest BCUT2D eigenvalue weighted by atomic mass is 16.5. The van der Waals surface area contributed by atoms with Crippen LogP contribution in [0.2, 0.25) is 0 Å². The third-order valence-electron chi connectivity index (χ3n) is 9.09. The van der Waals surface area contributed by atoms with Gasteiger partial charge in [0.2, 0.25) is 6.23 Å². The maximum absolute atomic E-state index is 5.52. The van der Waals surface area contributed by atoms with E-state index >= 15 is 0 Å². The first kappa shape index (κ1) is 28.4. The molecule has 0 aromatic heterocycles. The average Bonchev–Trinajstić information content (AvgIpc) is 3.64. The highest BCUT2D eigenvalue weighted by molar-refractivity contribution is 6.05. The van der Waals surface area contributed by atoms with Crippen molar-refractivity contribution in [3.8, 4) is 22.3 Å². The molecular weight excluding hydrogens is 552 g/mol. The van der Waals surface area contributed by atoms with Gasteiger partial charge in [-0.25, -0.2) is 0 Å². The van der Waals surface area contributed by atoms with E-state index in [1.54, 1.807) is 0 Å². The Bertz CT molecular complexity index is 1900. The fraction of sp³-hybridized carbons (Fsp3) is 0.150. The lowest BCUT2D eigenvalue weighted by Gasteiger charge is -2.24. The number of ether oxygens (including phenoxy) is 1. The monoisotopic (exact) mass is 588 g/mol. The van der Waals surface area contributed by atoms with Gasteiger partial charge in [-0.2, -0.15) is 0 Å². The number of nitrogens with one attached hydrogen (secondary N) is 2. The number of hydrogen-bond acceptors (Lipinski definition) is 5. The molecule has 222 valence electrons. The summed E-state index contributed by atoms with van der Waals surface area (Å²) < 4.78 is 5.52. The van der Waals surface area contributed by atoms with Crippen LogP contribution < -0.4 is 10.7 Å². The Morgan fingerprint density at radius 2 is 1.09 bits per heavy atom. The summed E-state index contributed by atoms with van der Waals surface area (Å²) in [4.78, 5) is 5.08. The van der Waals surface area contributed by atoms with Crippen LogP contribution in [-0.4, -0.2) is 12.2 Å². The van der Waals surface area contributed by atoms with Crippen LogP contribution in [0.5, 0.6) is 0 Å². The minimum atomic E-state index is -0.226. The van der Waals surface area contributed by atoms with Gasteiger partial charge in [-0.1, -0.05) is 109 Å². The van der Waals surface area contributed by atoms with Gasteiger partial charge in [-0.3, -0.25) is 10.4 Å². The van der Waals surface area contributed by atoms with E-state index < -0.39 is 0 Å².